The number of esters is 1. The van der Waals surface area contributed by atoms with Crippen molar-refractivity contribution in [3.63, 3.8) is 0 Å². The summed E-state index contributed by atoms with van der Waals surface area (Å²) in [7, 11) is 1.42. The highest BCUT2D eigenvalue weighted by Crippen LogP contribution is 2.41. The summed E-state index contributed by atoms with van der Waals surface area (Å²) in [6, 6.07) is 8.57. The Balaban J connectivity index is 1.91. The SMILES string of the molecule is COC(=O)CCCSc1ncnc2sc(C)c(-c3ccc(C)cc3)c12. The lowest BCUT2D eigenvalue weighted by Crippen LogP contribution is -2.00. The third-order valence-corrected chi connectivity index (χ3v) is 6.05. The lowest BCUT2D eigenvalue weighted by atomic mass is 10.0. The molecule has 25 heavy (non-hydrogen) atoms. The fraction of sp³-hybridized carbons (Fsp3) is 0.316. The van der Waals surface area contributed by atoms with Crippen LogP contribution in [-0.4, -0.2) is 28.8 Å². The molecule has 0 spiro atoms. The zero-order chi connectivity index (χ0) is 17.8. The van der Waals surface area contributed by atoms with Crippen molar-refractivity contribution in [3.05, 3.63) is 41.0 Å². The first-order valence-corrected chi connectivity index (χ1v) is 9.91. The van der Waals surface area contributed by atoms with E-state index in [0.29, 0.717) is 6.42 Å². The number of aromatic nitrogens is 2. The molecule has 3 rings (SSSR count). The molecule has 0 bridgehead atoms. The van der Waals surface area contributed by atoms with Gasteiger partial charge in [-0.3, -0.25) is 4.79 Å². The van der Waals surface area contributed by atoms with Crippen molar-refractivity contribution >= 4 is 39.3 Å². The monoisotopic (exact) mass is 372 g/mol. The highest BCUT2D eigenvalue weighted by molar-refractivity contribution is 7.99. The van der Waals surface area contributed by atoms with E-state index in [1.165, 1.54) is 28.7 Å². The molecule has 1 aromatic carbocycles. The predicted molar refractivity (Wildman–Crippen MR) is 104 cm³/mol. The Hall–Kier alpha value is -1.92. The normalized spacial score (nSPS) is 11.0. The fourth-order valence-electron chi connectivity index (χ4n) is 2.68. The summed E-state index contributed by atoms with van der Waals surface area (Å²) in [5.41, 5.74) is 3.66. The maximum Gasteiger partial charge on any atom is 0.305 e. The van der Waals surface area contributed by atoms with Crippen LogP contribution in [-0.2, 0) is 9.53 Å². The second-order valence-electron chi connectivity index (χ2n) is 5.79. The van der Waals surface area contributed by atoms with Crippen LogP contribution in [0.1, 0.15) is 23.3 Å². The van der Waals surface area contributed by atoms with Gasteiger partial charge < -0.3 is 4.74 Å². The van der Waals surface area contributed by atoms with Crippen molar-refractivity contribution in [2.75, 3.05) is 12.9 Å². The standard InChI is InChI=1S/C19H20N2O2S2/c1-12-6-8-14(9-7-12)16-13(2)25-19-17(16)18(20-11-21-19)24-10-4-5-15(22)23-3/h6-9,11H,4-5,10H2,1-3H3. The van der Waals surface area contributed by atoms with Gasteiger partial charge in [-0.15, -0.1) is 23.1 Å². The van der Waals surface area contributed by atoms with E-state index in [0.717, 1.165) is 27.4 Å². The molecule has 2 heterocycles. The Kier molecular flexibility index (Phi) is 5.71. The molecule has 130 valence electrons. The number of methoxy groups -OCH3 is 1. The van der Waals surface area contributed by atoms with Crippen molar-refractivity contribution in [1.29, 1.82) is 0 Å². The van der Waals surface area contributed by atoms with Crippen LogP contribution in [0.2, 0.25) is 0 Å². The molecule has 0 amide bonds. The molecule has 0 unspecified atom stereocenters. The molecule has 0 aliphatic heterocycles. The number of carbonyl (C=O) groups is 1. The molecule has 0 saturated heterocycles. The highest BCUT2D eigenvalue weighted by Gasteiger charge is 2.17. The van der Waals surface area contributed by atoms with Gasteiger partial charge in [0.15, 0.2) is 0 Å². The average Bonchev–Trinajstić information content (AvgIpc) is 2.96. The van der Waals surface area contributed by atoms with Gasteiger partial charge in [-0.25, -0.2) is 9.97 Å². The average molecular weight is 373 g/mol. The number of thioether (sulfide) groups is 1. The molecule has 4 nitrogen and oxygen atoms in total. The molecule has 3 aromatic rings. The van der Waals surface area contributed by atoms with E-state index in [1.54, 1.807) is 29.4 Å². The molecule has 0 aliphatic rings. The second kappa shape index (κ2) is 7.97. The third kappa shape index (κ3) is 4.02. The summed E-state index contributed by atoms with van der Waals surface area (Å²) < 4.78 is 4.69. The molecule has 0 fully saturated rings. The van der Waals surface area contributed by atoms with E-state index in [-0.39, 0.29) is 5.97 Å². The van der Waals surface area contributed by atoms with Crippen molar-refractivity contribution in [2.45, 2.75) is 31.7 Å². The van der Waals surface area contributed by atoms with Crippen molar-refractivity contribution in [1.82, 2.24) is 9.97 Å². The van der Waals surface area contributed by atoms with Crippen molar-refractivity contribution in [3.8, 4) is 11.1 Å². The number of hydrogen-bond donors (Lipinski definition) is 0. The number of fused-ring (bicyclic) bond motifs is 1. The van der Waals surface area contributed by atoms with Gasteiger partial charge in [0.05, 0.1) is 12.5 Å². The summed E-state index contributed by atoms with van der Waals surface area (Å²) in [6.45, 7) is 4.22. The summed E-state index contributed by atoms with van der Waals surface area (Å²) in [5, 5.41) is 2.10. The van der Waals surface area contributed by atoms with E-state index in [2.05, 4.69) is 48.1 Å². The van der Waals surface area contributed by atoms with Gasteiger partial charge in [0, 0.05) is 22.6 Å². The first kappa shape index (κ1) is 17.9. The third-order valence-electron chi connectivity index (χ3n) is 3.96. The summed E-state index contributed by atoms with van der Waals surface area (Å²) in [6.07, 6.45) is 2.83. The molecule has 0 aliphatic carbocycles. The van der Waals surface area contributed by atoms with Crippen LogP contribution in [0, 0.1) is 13.8 Å². The van der Waals surface area contributed by atoms with Gasteiger partial charge in [-0.1, -0.05) is 29.8 Å². The molecule has 0 saturated carbocycles. The minimum atomic E-state index is -0.167. The largest absolute Gasteiger partial charge is 0.469 e. The van der Waals surface area contributed by atoms with Crippen LogP contribution in [0.5, 0.6) is 0 Å². The molecule has 0 atom stereocenters. The Morgan fingerprint density at radius 2 is 1.96 bits per heavy atom. The maximum atomic E-state index is 11.3. The molecule has 2 aromatic heterocycles. The second-order valence-corrected chi connectivity index (χ2v) is 8.07. The van der Waals surface area contributed by atoms with Crippen LogP contribution in [0.3, 0.4) is 0 Å². The topological polar surface area (TPSA) is 52.1 Å². The first-order chi connectivity index (χ1) is 12.1. The van der Waals surface area contributed by atoms with Crippen molar-refractivity contribution in [2.24, 2.45) is 0 Å². The van der Waals surface area contributed by atoms with Crippen LogP contribution in [0.4, 0.5) is 0 Å². The Bertz CT molecular complexity index is 888. The lowest BCUT2D eigenvalue weighted by Gasteiger charge is -2.07. The zero-order valence-electron chi connectivity index (χ0n) is 14.5. The summed E-state index contributed by atoms with van der Waals surface area (Å²) >= 11 is 3.38. The number of thiophene rings is 1. The Labute approximate surface area is 155 Å². The van der Waals surface area contributed by atoms with E-state index < -0.39 is 0 Å². The number of hydrogen-bond acceptors (Lipinski definition) is 6. The molecular weight excluding hydrogens is 352 g/mol. The molecular formula is C19H20N2O2S2. The Morgan fingerprint density at radius 3 is 2.68 bits per heavy atom. The number of ether oxygens (including phenoxy) is 1. The van der Waals surface area contributed by atoms with Gasteiger partial charge >= 0.3 is 5.97 Å². The molecule has 0 radical (unpaired) electrons. The quantitative estimate of drug-likeness (QED) is 0.263. The zero-order valence-corrected chi connectivity index (χ0v) is 16.2. The van der Waals surface area contributed by atoms with Gasteiger partial charge in [-0.05, 0) is 25.8 Å². The molecule has 6 heteroatoms. The maximum absolute atomic E-state index is 11.3. The smallest absolute Gasteiger partial charge is 0.305 e. The fourth-order valence-corrected chi connectivity index (χ4v) is 4.71. The van der Waals surface area contributed by atoms with Crippen LogP contribution in [0.25, 0.3) is 21.3 Å². The number of aryl methyl sites for hydroxylation is 2. The molecule has 0 N–H and O–H groups in total. The van der Waals surface area contributed by atoms with Gasteiger partial charge in [-0.2, -0.15) is 0 Å². The van der Waals surface area contributed by atoms with E-state index in [1.807, 2.05) is 0 Å². The van der Waals surface area contributed by atoms with E-state index in [4.69, 9.17) is 4.74 Å². The number of rotatable bonds is 6. The number of nitrogens with zero attached hydrogens (tertiary/aromatic N) is 2. The van der Waals surface area contributed by atoms with E-state index in [9.17, 15) is 4.79 Å². The van der Waals surface area contributed by atoms with Crippen LogP contribution >= 0.6 is 23.1 Å². The minimum Gasteiger partial charge on any atom is -0.469 e. The number of benzene rings is 1. The van der Waals surface area contributed by atoms with Gasteiger partial charge in [0.1, 0.15) is 16.2 Å². The first-order valence-electron chi connectivity index (χ1n) is 8.11. The minimum absolute atomic E-state index is 0.167. The Morgan fingerprint density at radius 1 is 1.20 bits per heavy atom. The predicted octanol–water partition coefficient (Wildman–Crippen LogP) is 5.02. The van der Waals surface area contributed by atoms with Crippen molar-refractivity contribution < 1.29 is 9.53 Å². The number of carbonyl (C=O) groups excluding carboxylic acids is 1. The summed E-state index contributed by atoms with van der Waals surface area (Å²) in [5.74, 6) is 0.656. The van der Waals surface area contributed by atoms with Gasteiger partial charge in [0.2, 0.25) is 0 Å². The van der Waals surface area contributed by atoms with Gasteiger partial charge in [0.25, 0.3) is 0 Å². The van der Waals surface area contributed by atoms with Crippen LogP contribution < -0.4 is 0 Å². The highest BCUT2D eigenvalue weighted by atomic mass is 32.2. The van der Waals surface area contributed by atoms with E-state index >= 15 is 0 Å². The lowest BCUT2D eigenvalue weighted by molar-refractivity contribution is -0.140. The summed E-state index contributed by atoms with van der Waals surface area (Å²) in [4.78, 5) is 22.5. The van der Waals surface area contributed by atoms with Crippen LogP contribution in [0.15, 0.2) is 35.6 Å².